The Morgan fingerprint density at radius 2 is 2.00 bits per heavy atom. The van der Waals surface area contributed by atoms with Gasteiger partial charge in [-0.05, 0) is 39.4 Å². The summed E-state index contributed by atoms with van der Waals surface area (Å²) in [7, 11) is -1.63. The van der Waals surface area contributed by atoms with Crippen LogP contribution in [0, 0.1) is 5.82 Å². The molecule has 6 heteroatoms. The predicted octanol–water partition coefficient (Wildman–Crippen LogP) is 2.43. The van der Waals surface area contributed by atoms with E-state index in [2.05, 4.69) is 5.32 Å². The maximum atomic E-state index is 13.8. The molecule has 19 heavy (non-hydrogen) atoms. The van der Waals surface area contributed by atoms with Crippen LogP contribution in [0.3, 0.4) is 0 Å². The van der Waals surface area contributed by atoms with Gasteiger partial charge in [0.15, 0.2) is 9.84 Å². The largest absolute Gasteiger partial charge is 0.315 e. The van der Waals surface area contributed by atoms with Crippen molar-refractivity contribution in [1.29, 1.82) is 0 Å². The predicted molar refractivity (Wildman–Crippen MR) is 76.9 cm³/mol. The third-order valence-electron chi connectivity index (χ3n) is 3.61. The van der Waals surface area contributed by atoms with Crippen LogP contribution in [-0.2, 0) is 16.3 Å². The van der Waals surface area contributed by atoms with Crippen LogP contribution < -0.4 is 5.32 Å². The fraction of sp³-hybridized carbons (Fsp3) is 0.538. The molecule has 0 radical (unpaired) electrons. The fourth-order valence-corrected chi connectivity index (χ4v) is 2.84. The highest BCUT2D eigenvalue weighted by Crippen LogP contribution is 2.27. The van der Waals surface area contributed by atoms with Gasteiger partial charge in [-0.1, -0.05) is 17.7 Å². The molecular weight excluding hydrogens is 289 g/mol. The topological polar surface area (TPSA) is 46.2 Å². The summed E-state index contributed by atoms with van der Waals surface area (Å²) in [5, 5.41) is 3.26. The fourth-order valence-electron chi connectivity index (χ4n) is 1.89. The molecule has 1 N–H and O–H groups in total. The molecule has 1 unspecified atom stereocenters. The zero-order chi connectivity index (χ0) is 14.8. The molecule has 0 heterocycles. The van der Waals surface area contributed by atoms with Gasteiger partial charge in [0.25, 0.3) is 0 Å². The normalized spacial score (nSPS) is 14.4. The highest BCUT2D eigenvalue weighted by atomic mass is 35.5. The lowest BCUT2D eigenvalue weighted by molar-refractivity contribution is 0.425. The molecule has 3 nitrogen and oxygen atoms in total. The maximum Gasteiger partial charge on any atom is 0.154 e. The van der Waals surface area contributed by atoms with E-state index in [9.17, 15) is 12.8 Å². The SMILES string of the molecule is CNC(Cc1c(F)cccc1Cl)C(C)(C)S(C)(=O)=O. The summed E-state index contributed by atoms with van der Waals surface area (Å²) in [6.07, 6.45) is 1.39. The minimum Gasteiger partial charge on any atom is -0.315 e. The molecule has 0 fully saturated rings. The van der Waals surface area contributed by atoms with E-state index in [4.69, 9.17) is 11.6 Å². The number of hydrogen-bond acceptors (Lipinski definition) is 3. The summed E-state index contributed by atoms with van der Waals surface area (Å²) in [5.41, 5.74) is 0.334. The van der Waals surface area contributed by atoms with E-state index in [0.29, 0.717) is 10.6 Å². The Morgan fingerprint density at radius 1 is 1.42 bits per heavy atom. The van der Waals surface area contributed by atoms with Crippen molar-refractivity contribution >= 4 is 21.4 Å². The van der Waals surface area contributed by atoms with Gasteiger partial charge in [0.1, 0.15) is 5.82 Å². The minimum atomic E-state index is -3.29. The number of rotatable bonds is 5. The van der Waals surface area contributed by atoms with Gasteiger partial charge in [0.2, 0.25) is 0 Å². The maximum absolute atomic E-state index is 13.8. The van der Waals surface area contributed by atoms with Crippen molar-refractivity contribution in [2.45, 2.75) is 31.1 Å². The highest BCUT2D eigenvalue weighted by molar-refractivity contribution is 7.92. The molecule has 0 aromatic heterocycles. The molecule has 0 saturated heterocycles. The molecule has 1 atom stereocenters. The molecule has 0 aliphatic carbocycles. The second-order valence-electron chi connectivity index (χ2n) is 5.12. The lowest BCUT2D eigenvalue weighted by atomic mass is 9.95. The molecule has 0 spiro atoms. The van der Waals surface area contributed by atoms with Crippen molar-refractivity contribution in [3.8, 4) is 0 Å². The molecule has 0 amide bonds. The van der Waals surface area contributed by atoms with Gasteiger partial charge in [-0.3, -0.25) is 0 Å². The summed E-state index contributed by atoms with van der Waals surface area (Å²) in [5.74, 6) is -0.419. The molecule has 0 aliphatic heterocycles. The zero-order valence-electron chi connectivity index (χ0n) is 11.5. The third-order valence-corrected chi connectivity index (χ3v) is 6.16. The number of likely N-dealkylation sites (N-methyl/N-ethyl adjacent to an activating group) is 1. The van der Waals surface area contributed by atoms with E-state index in [1.54, 1.807) is 27.0 Å². The van der Waals surface area contributed by atoms with Gasteiger partial charge >= 0.3 is 0 Å². The van der Waals surface area contributed by atoms with Crippen molar-refractivity contribution < 1.29 is 12.8 Å². The average Bonchev–Trinajstić information content (AvgIpc) is 2.26. The van der Waals surface area contributed by atoms with Crippen molar-refractivity contribution in [2.75, 3.05) is 13.3 Å². The van der Waals surface area contributed by atoms with E-state index in [-0.39, 0.29) is 6.42 Å². The van der Waals surface area contributed by atoms with Gasteiger partial charge in [-0.15, -0.1) is 0 Å². The van der Waals surface area contributed by atoms with Crippen molar-refractivity contribution in [2.24, 2.45) is 0 Å². The molecule has 0 saturated carbocycles. The van der Waals surface area contributed by atoms with E-state index >= 15 is 0 Å². The van der Waals surface area contributed by atoms with Gasteiger partial charge < -0.3 is 5.32 Å². The van der Waals surface area contributed by atoms with Crippen LogP contribution in [0.4, 0.5) is 4.39 Å². The Morgan fingerprint density at radius 3 is 2.42 bits per heavy atom. The Hall–Kier alpha value is -0.650. The number of benzene rings is 1. The van der Waals surface area contributed by atoms with E-state index in [0.717, 1.165) is 0 Å². The third kappa shape index (κ3) is 3.46. The number of sulfone groups is 1. The summed E-state index contributed by atoms with van der Waals surface area (Å²) in [6.45, 7) is 3.25. The molecule has 0 aliphatic rings. The van der Waals surface area contributed by atoms with Crippen molar-refractivity contribution in [1.82, 2.24) is 5.32 Å². The molecule has 108 valence electrons. The van der Waals surface area contributed by atoms with Crippen LogP contribution in [0.25, 0.3) is 0 Å². The quantitative estimate of drug-likeness (QED) is 0.909. The second kappa shape index (κ2) is 5.77. The molecular formula is C13H19ClFNO2S. The smallest absolute Gasteiger partial charge is 0.154 e. The highest BCUT2D eigenvalue weighted by Gasteiger charge is 2.38. The first-order valence-corrected chi connectivity index (χ1v) is 8.18. The van der Waals surface area contributed by atoms with Gasteiger partial charge in [0.05, 0.1) is 4.75 Å². The van der Waals surface area contributed by atoms with E-state index in [1.807, 2.05) is 0 Å². The Bertz CT molecular complexity index is 538. The second-order valence-corrected chi connectivity index (χ2v) is 8.12. The number of nitrogens with one attached hydrogen (secondary N) is 1. The van der Waals surface area contributed by atoms with Crippen LogP contribution in [0.2, 0.25) is 5.02 Å². The first-order valence-electron chi connectivity index (χ1n) is 5.91. The van der Waals surface area contributed by atoms with Crippen LogP contribution in [0.15, 0.2) is 18.2 Å². The Kier molecular flexibility index (Phi) is 4.98. The van der Waals surface area contributed by atoms with E-state index in [1.165, 1.54) is 18.4 Å². The Balaban J connectivity index is 3.15. The summed E-state index contributed by atoms with van der Waals surface area (Å²) in [4.78, 5) is 0. The van der Waals surface area contributed by atoms with Crippen LogP contribution >= 0.6 is 11.6 Å². The van der Waals surface area contributed by atoms with Gasteiger partial charge in [0, 0.05) is 22.9 Å². The lowest BCUT2D eigenvalue weighted by Gasteiger charge is -2.32. The first kappa shape index (κ1) is 16.4. The molecule has 1 aromatic rings. The minimum absolute atomic E-state index is 0.210. The van der Waals surface area contributed by atoms with Crippen molar-refractivity contribution in [3.05, 3.63) is 34.6 Å². The Labute approximate surface area is 119 Å². The average molecular weight is 308 g/mol. The summed E-state index contributed by atoms with van der Waals surface area (Å²) in [6, 6.07) is 4.01. The lowest BCUT2D eigenvalue weighted by Crippen LogP contribution is -2.51. The van der Waals surface area contributed by atoms with Gasteiger partial charge in [-0.2, -0.15) is 0 Å². The molecule has 1 aromatic carbocycles. The molecule has 0 bridgehead atoms. The standard InChI is InChI=1S/C13H19ClFNO2S/c1-13(2,19(4,17)18)12(16-3)8-9-10(14)6-5-7-11(9)15/h5-7,12,16H,8H2,1-4H3. The zero-order valence-corrected chi connectivity index (χ0v) is 13.1. The van der Waals surface area contributed by atoms with Gasteiger partial charge in [-0.25, -0.2) is 12.8 Å². The van der Waals surface area contributed by atoms with Crippen LogP contribution in [0.1, 0.15) is 19.4 Å². The van der Waals surface area contributed by atoms with Crippen LogP contribution in [0.5, 0.6) is 0 Å². The monoisotopic (exact) mass is 307 g/mol. The van der Waals surface area contributed by atoms with Crippen molar-refractivity contribution in [3.63, 3.8) is 0 Å². The summed E-state index contributed by atoms with van der Waals surface area (Å²) >= 11 is 5.98. The van der Waals surface area contributed by atoms with Crippen LogP contribution in [-0.4, -0.2) is 32.5 Å². The van der Waals surface area contributed by atoms with E-state index < -0.39 is 26.4 Å². The first-order chi connectivity index (χ1) is 8.61. The molecule has 1 rings (SSSR count). The number of hydrogen-bond donors (Lipinski definition) is 1. The number of halogens is 2. The summed E-state index contributed by atoms with van der Waals surface area (Å²) < 4.78 is 36.4.